The van der Waals surface area contributed by atoms with Gasteiger partial charge in [-0.1, -0.05) is 18.2 Å². The van der Waals surface area contributed by atoms with E-state index >= 15 is 0 Å². The molecular formula is C18H18N4O2. The number of benzene rings is 1. The number of carbonyl (C=O) groups is 2. The summed E-state index contributed by atoms with van der Waals surface area (Å²) < 4.78 is 0. The maximum atomic E-state index is 12.9. The highest BCUT2D eigenvalue weighted by Crippen LogP contribution is 2.34. The third kappa shape index (κ3) is 2.35. The minimum atomic E-state index is -0.165. The summed E-state index contributed by atoms with van der Waals surface area (Å²) in [5, 5.41) is 0. The number of rotatable bonds is 2. The Kier molecular flexibility index (Phi) is 3.52. The molecule has 3 heterocycles. The highest BCUT2D eigenvalue weighted by Gasteiger charge is 2.42. The Morgan fingerprint density at radius 2 is 1.96 bits per heavy atom. The fraction of sp³-hybridized carbons (Fsp3) is 0.333. The Labute approximate surface area is 140 Å². The Bertz CT molecular complexity index is 787. The maximum Gasteiger partial charge on any atom is 0.274 e. The number of hydrogen-bond donors (Lipinski definition) is 0. The number of carbonyl (C=O) groups excluding carboxylic acids is 2. The van der Waals surface area contributed by atoms with E-state index in [2.05, 4.69) is 23.0 Å². The van der Waals surface area contributed by atoms with Crippen LogP contribution in [0.1, 0.15) is 23.0 Å². The molecule has 1 atom stereocenters. The molecule has 2 amide bonds. The van der Waals surface area contributed by atoms with Crippen molar-refractivity contribution in [1.82, 2.24) is 14.9 Å². The molecule has 0 N–H and O–H groups in total. The van der Waals surface area contributed by atoms with Gasteiger partial charge in [-0.15, -0.1) is 0 Å². The highest BCUT2D eigenvalue weighted by atomic mass is 16.2. The van der Waals surface area contributed by atoms with Crippen LogP contribution in [-0.4, -0.2) is 45.8 Å². The molecule has 2 aromatic rings. The first-order chi connectivity index (χ1) is 11.6. The van der Waals surface area contributed by atoms with Crippen molar-refractivity contribution in [3.05, 3.63) is 54.1 Å². The number of fused-ring (bicyclic) bond motifs is 1. The molecule has 6 nitrogen and oxygen atoms in total. The van der Waals surface area contributed by atoms with E-state index in [1.165, 1.54) is 24.2 Å². The predicted octanol–water partition coefficient (Wildman–Crippen LogP) is 1.53. The molecule has 122 valence electrons. The second-order valence-corrected chi connectivity index (χ2v) is 6.39. The number of likely N-dealkylation sites (tertiary alicyclic amines) is 1. The van der Waals surface area contributed by atoms with Gasteiger partial charge in [0.2, 0.25) is 5.91 Å². The largest absolute Gasteiger partial charge is 0.336 e. The first-order valence-corrected chi connectivity index (χ1v) is 8.11. The van der Waals surface area contributed by atoms with Crippen molar-refractivity contribution >= 4 is 17.5 Å². The fourth-order valence-corrected chi connectivity index (χ4v) is 3.47. The topological polar surface area (TPSA) is 66.4 Å². The minimum absolute atomic E-state index is 0.107. The Balaban J connectivity index is 1.44. The zero-order valence-electron chi connectivity index (χ0n) is 13.4. The smallest absolute Gasteiger partial charge is 0.274 e. The van der Waals surface area contributed by atoms with E-state index in [1.54, 1.807) is 4.90 Å². The van der Waals surface area contributed by atoms with Gasteiger partial charge < -0.3 is 9.80 Å². The van der Waals surface area contributed by atoms with Gasteiger partial charge in [0.05, 0.1) is 12.1 Å². The van der Waals surface area contributed by atoms with Crippen molar-refractivity contribution in [3.8, 4) is 0 Å². The van der Waals surface area contributed by atoms with E-state index in [0.717, 1.165) is 12.1 Å². The van der Waals surface area contributed by atoms with Crippen LogP contribution in [0.15, 0.2) is 42.9 Å². The summed E-state index contributed by atoms with van der Waals surface area (Å²) in [6.07, 6.45) is 5.37. The standard InChI is InChI=1S/C18H18N4O2/c1-12-8-13-4-2-3-5-16(13)22(12)17(23)14-10-21(11-14)18(24)15-9-19-6-7-20-15/h2-7,9,12,14H,8,10-11H2,1H3. The van der Waals surface area contributed by atoms with Crippen LogP contribution in [0.25, 0.3) is 0 Å². The molecule has 1 aromatic carbocycles. The molecule has 2 aliphatic heterocycles. The number of aromatic nitrogens is 2. The van der Waals surface area contributed by atoms with E-state index in [0.29, 0.717) is 18.8 Å². The lowest BCUT2D eigenvalue weighted by Crippen LogP contribution is -2.57. The van der Waals surface area contributed by atoms with Gasteiger partial charge in [-0.2, -0.15) is 0 Å². The summed E-state index contributed by atoms with van der Waals surface area (Å²) >= 11 is 0. The Morgan fingerprint density at radius 3 is 2.71 bits per heavy atom. The van der Waals surface area contributed by atoms with Crippen molar-refractivity contribution in [2.45, 2.75) is 19.4 Å². The van der Waals surface area contributed by atoms with Gasteiger partial charge in [-0.25, -0.2) is 4.98 Å². The summed E-state index contributed by atoms with van der Waals surface area (Å²) in [5.74, 6) is -0.197. The first kappa shape index (κ1) is 14.8. The second-order valence-electron chi connectivity index (χ2n) is 6.39. The van der Waals surface area contributed by atoms with Gasteiger partial charge in [0, 0.05) is 37.2 Å². The highest BCUT2D eigenvalue weighted by molar-refractivity contribution is 6.00. The second kappa shape index (κ2) is 5.70. The van der Waals surface area contributed by atoms with E-state index in [-0.39, 0.29) is 23.8 Å². The zero-order chi connectivity index (χ0) is 16.7. The Hall–Kier alpha value is -2.76. The minimum Gasteiger partial charge on any atom is -0.336 e. The number of amides is 2. The van der Waals surface area contributed by atoms with Crippen molar-refractivity contribution in [3.63, 3.8) is 0 Å². The molecule has 4 rings (SSSR count). The molecule has 6 heteroatoms. The summed E-state index contributed by atoms with van der Waals surface area (Å²) in [7, 11) is 0. The van der Waals surface area contributed by atoms with Gasteiger partial charge >= 0.3 is 0 Å². The van der Waals surface area contributed by atoms with Gasteiger partial charge in [0.25, 0.3) is 5.91 Å². The van der Waals surface area contributed by atoms with E-state index in [1.807, 2.05) is 23.1 Å². The number of para-hydroxylation sites is 1. The van der Waals surface area contributed by atoms with E-state index in [4.69, 9.17) is 0 Å². The fourth-order valence-electron chi connectivity index (χ4n) is 3.47. The normalized spacial score (nSPS) is 19.8. The molecule has 24 heavy (non-hydrogen) atoms. The summed E-state index contributed by atoms with van der Waals surface area (Å²) in [4.78, 5) is 36.6. The van der Waals surface area contributed by atoms with Gasteiger partial charge in [0.1, 0.15) is 5.69 Å². The quantitative estimate of drug-likeness (QED) is 0.841. The van der Waals surface area contributed by atoms with Crippen LogP contribution in [0.4, 0.5) is 5.69 Å². The Morgan fingerprint density at radius 1 is 1.17 bits per heavy atom. The first-order valence-electron chi connectivity index (χ1n) is 8.11. The van der Waals surface area contributed by atoms with Crippen molar-refractivity contribution in [2.75, 3.05) is 18.0 Å². The van der Waals surface area contributed by atoms with Crippen LogP contribution < -0.4 is 4.90 Å². The van der Waals surface area contributed by atoms with Crippen LogP contribution in [0, 0.1) is 5.92 Å². The average molecular weight is 322 g/mol. The molecule has 1 saturated heterocycles. The third-order valence-electron chi connectivity index (χ3n) is 4.74. The van der Waals surface area contributed by atoms with Crippen LogP contribution >= 0.6 is 0 Å². The molecule has 1 fully saturated rings. The number of nitrogens with zero attached hydrogens (tertiary/aromatic N) is 4. The molecule has 1 aromatic heterocycles. The van der Waals surface area contributed by atoms with Crippen molar-refractivity contribution < 1.29 is 9.59 Å². The predicted molar refractivity (Wildman–Crippen MR) is 88.5 cm³/mol. The van der Waals surface area contributed by atoms with Gasteiger partial charge in [-0.05, 0) is 25.0 Å². The van der Waals surface area contributed by atoms with Crippen LogP contribution in [0.5, 0.6) is 0 Å². The molecular weight excluding hydrogens is 304 g/mol. The van der Waals surface area contributed by atoms with Crippen LogP contribution in [0.2, 0.25) is 0 Å². The zero-order valence-corrected chi connectivity index (χ0v) is 13.4. The van der Waals surface area contributed by atoms with Crippen LogP contribution in [0.3, 0.4) is 0 Å². The van der Waals surface area contributed by atoms with Crippen molar-refractivity contribution in [1.29, 1.82) is 0 Å². The molecule has 0 bridgehead atoms. The van der Waals surface area contributed by atoms with E-state index in [9.17, 15) is 9.59 Å². The van der Waals surface area contributed by atoms with Gasteiger partial charge in [0.15, 0.2) is 0 Å². The molecule has 1 unspecified atom stereocenters. The lowest BCUT2D eigenvalue weighted by molar-refractivity contribution is -0.126. The summed E-state index contributed by atoms with van der Waals surface area (Å²) in [5.41, 5.74) is 2.54. The third-order valence-corrected chi connectivity index (χ3v) is 4.74. The molecule has 0 radical (unpaired) electrons. The lowest BCUT2D eigenvalue weighted by atomic mass is 9.97. The number of anilines is 1. The van der Waals surface area contributed by atoms with Crippen molar-refractivity contribution in [2.24, 2.45) is 5.92 Å². The maximum absolute atomic E-state index is 12.9. The van der Waals surface area contributed by atoms with Crippen LogP contribution in [-0.2, 0) is 11.2 Å². The summed E-state index contributed by atoms with van der Waals surface area (Å²) in [6.45, 7) is 2.96. The molecule has 2 aliphatic rings. The lowest BCUT2D eigenvalue weighted by Gasteiger charge is -2.40. The number of hydrogen-bond acceptors (Lipinski definition) is 4. The molecule has 0 spiro atoms. The van der Waals surface area contributed by atoms with E-state index < -0.39 is 0 Å². The monoisotopic (exact) mass is 322 g/mol. The average Bonchev–Trinajstić information content (AvgIpc) is 2.89. The molecule has 0 aliphatic carbocycles. The van der Waals surface area contributed by atoms with Gasteiger partial charge in [-0.3, -0.25) is 14.6 Å². The molecule has 0 saturated carbocycles. The SMILES string of the molecule is CC1Cc2ccccc2N1C(=O)C1CN(C(=O)c2cnccn2)C1. The summed E-state index contributed by atoms with van der Waals surface area (Å²) in [6, 6.07) is 8.20.